The summed E-state index contributed by atoms with van der Waals surface area (Å²) >= 11 is 7.18. The van der Waals surface area contributed by atoms with Crippen molar-refractivity contribution in [2.75, 3.05) is 0 Å². The molecule has 2 heterocycles. The van der Waals surface area contributed by atoms with Gasteiger partial charge in [-0.3, -0.25) is 0 Å². The number of hydrogen-bond donors (Lipinski definition) is 0. The molecule has 0 amide bonds. The minimum atomic E-state index is 0.771. The van der Waals surface area contributed by atoms with E-state index in [9.17, 15) is 0 Å². The summed E-state index contributed by atoms with van der Waals surface area (Å²) in [6.45, 7) is 0. The molecule has 2 aromatic heterocycles. The van der Waals surface area contributed by atoms with Crippen LogP contribution in [-0.4, -0.2) is 9.13 Å². The van der Waals surface area contributed by atoms with Gasteiger partial charge in [-0.2, -0.15) is 0 Å². The van der Waals surface area contributed by atoms with E-state index in [2.05, 4.69) is 221 Å². The second kappa shape index (κ2) is 13.0. The molecule has 0 aliphatic rings. The lowest BCUT2D eigenvalue weighted by atomic mass is 9.87. The number of nitrogens with zero attached hydrogens (tertiary/aromatic N) is 2. The summed E-state index contributed by atoms with van der Waals surface area (Å²) in [7, 11) is 0. The highest BCUT2D eigenvalue weighted by atomic mass is 35.5. The quantitative estimate of drug-likeness (QED) is 0.157. The standard InChI is InChI=1S/C60H35ClN2/c61-54-31-42-21-22-45(40-19-23-47-52-29-36-11-7-9-13-38(36)32-57(52)62(55(47)34-40)43-15-3-1-4-16-43)49-26-27-50-46(25-28-51(54)60(50)59(42)49)41-20-24-48-53-30-37-12-8-10-14-39(37)33-58(53)63(56(48)35-41)44-17-5-2-6-18-44/h1-35H. The molecule has 2 nitrogen and oxygen atoms in total. The third-order valence-electron chi connectivity index (χ3n) is 13.6. The highest BCUT2D eigenvalue weighted by Crippen LogP contribution is 2.47. The van der Waals surface area contributed by atoms with E-state index in [0.29, 0.717) is 0 Å². The van der Waals surface area contributed by atoms with Crippen LogP contribution in [0.15, 0.2) is 212 Å². The Morgan fingerprint density at radius 2 is 0.683 bits per heavy atom. The number of halogens is 1. The molecule has 0 N–H and O–H groups in total. The first-order valence-electron chi connectivity index (χ1n) is 21.6. The summed E-state index contributed by atoms with van der Waals surface area (Å²) in [5, 5.41) is 17.8. The Morgan fingerprint density at radius 1 is 0.270 bits per heavy atom. The first-order chi connectivity index (χ1) is 31.1. The van der Waals surface area contributed by atoms with Gasteiger partial charge in [0.15, 0.2) is 0 Å². The zero-order chi connectivity index (χ0) is 41.3. The smallest absolute Gasteiger partial charge is 0.0547 e. The van der Waals surface area contributed by atoms with Crippen LogP contribution in [0.1, 0.15) is 0 Å². The molecule has 0 atom stereocenters. The predicted molar refractivity (Wildman–Crippen MR) is 270 cm³/mol. The van der Waals surface area contributed by atoms with Crippen molar-refractivity contribution in [3.8, 4) is 33.6 Å². The zero-order valence-corrected chi connectivity index (χ0v) is 34.7. The van der Waals surface area contributed by atoms with Crippen LogP contribution in [0.5, 0.6) is 0 Å². The number of aromatic nitrogens is 2. The van der Waals surface area contributed by atoms with Crippen LogP contribution in [-0.2, 0) is 0 Å². The first kappa shape index (κ1) is 34.8. The molecule has 0 fully saturated rings. The topological polar surface area (TPSA) is 9.86 Å². The molecule has 292 valence electrons. The Kier molecular flexibility index (Phi) is 7.20. The fourth-order valence-corrected chi connectivity index (χ4v) is 11.1. The third kappa shape index (κ3) is 5.01. The first-order valence-corrected chi connectivity index (χ1v) is 22.0. The zero-order valence-electron chi connectivity index (χ0n) is 34.0. The highest BCUT2D eigenvalue weighted by molar-refractivity contribution is 6.41. The maximum Gasteiger partial charge on any atom is 0.0547 e. The van der Waals surface area contributed by atoms with Crippen molar-refractivity contribution in [3.05, 3.63) is 217 Å². The van der Waals surface area contributed by atoms with Crippen LogP contribution in [0.25, 0.3) is 131 Å². The SMILES string of the molecule is Clc1cc2ccc(-c3ccc4c5cc6ccccc6cc5n(-c5ccccc5)c4c3)c3ccc4c(-c5ccc6c7cc8ccccc8cc7n(-c7ccccc7)c6c5)ccc1c4c23. The van der Waals surface area contributed by atoms with E-state index in [0.717, 1.165) is 27.2 Å². The Balaban J connectivity index is 0.996. The largest absolute Gasteiger partial charge is 0.309 e. The summed E-state index contributed by atoms with van der Waals surface area (Å²) in [6.07, 6.45) is 0. The van der Waals surface area contributed by atoms with Gasteiger partial charge in [-0.05, 0) is 137 Å². The van der Waals surface area contributed by atoms with Gasteiger partial charge >= 0.3 is 0 Å². The maximum absolute atomic E-state index is 7.18. The fraction of sp³-hybridized carbons (Fsp3) is 0. The summed E-state index contributed by atoms with van der Waals surface area (Å²) in [6, 6.07) is 78.1. The van der Waals surface area contributed by atoms with Crippen LogP contribution in [0.2, 0.25) is 5.02 Å². The molecule has 0 saturated heterocycles. The maximum atomic E-state index is 7.18. The lowest BCUT2D eigenvalue weighted by Gasteiger charge is -2.18. The highest BCUT2D eigenvalue weighted by Gasteiger charge is 2.21. The lowest BCUT2D eigenvalue weighted by Crippen LogP contribution is -1.94. The summed E-state index contributed by atoms with van der Waals surface area (Å²) < 4.78 is 4.86. The average Bonchev–Trinajstić information content (AvgIpc) is 3.82. The summed E-state index contributed by atoms with van der Waals surface area (Å²) in [4.78, 5) is 0. The van der Waals surface area contributed by atoms with Gasteiger partial charge in [0.2, 0.25) is 0 Å². The minimum absolute atomic E-state index is 0.771. The Morgan fingerprint density at radius 3 is 1.21 bits per heavy atom. The van der Waals surface area contributed by atoms with E-state index in [1.165, 1.54) is 109 Å². The van der Waals surface area contributed by atoms with Crippen molar-refractivity contribution in [2.24, 2.45) is 0 Å². The van der Waals surface area contributed by atoms with Gasteiger partial charge < -0.3 is 9.13 Å². The monoisotopic (exact) mass is 818 g/mol. The van der Waals surface area contributed by atoms with Crippen molar-refractivity contribution < 1.29 is 0 Å². The molecule has 14 aromatic rings. The predicted octanol–water partition coefficient (Wildman–Crippen LogP) is 17.1. The number of para-hydroxylation sites is 2. The summed E-state index contributed by atoms with van der Waals surface area (Å²) in [5.74, 6) is 0. The molecular weight excluding hydrogens is 784 g/mol. The lowest BCUT2D eigenvalue weighted by molar-refractivity contribution is 1.18. The molecule has 0 spiro atoms. The minimum Gasteiger partial charge on any atom is -0.309 e. The van der Waals surface area contributed by atoms with Crippen molar-refractivity contribution in [3.63, 3.8) is 0 Å². The second-order valence-electron chi connectivity index (χ2n) is 17.0. The molecule has 12 aromatic carbocycles. The van der Waals surface area contributed by atoms with Crippen LogP contribution in [0.4, 0.5) is 0 Å². The van der Waals surface area contributed by atoms with Gasteiger partial charge in [0.1, 0.15) is 0 Å². The fourth-order valence-electron chi connectivity index (χ4n) is 10.8. The van der Waals surface area contributed by atoms with Gasteiger partial charge in [-0.1, -0.05) is 157 Å². The average molecular weight is 819 g/mol. The molecule has 14 rings (SSSR count). The van der Waals surface area contributed by atoms with Gasteiger partial charge in [0.25, 0.3) is 0 Å². The van der Waals surface area contributed by atoms with Crippen molar-refractivity contribution in [2.45, 2.75) is 0 Å². The normalized spacial score (nSPS) is 12.2. The van der Waals surface area contributed by atoms with E-state index in [1.807, 2.05) is 0 Å². The van der Waals surface area contributed by atoms with Crippen molar-refractivity contribution in [1.82, 2.24) is 9.13 Å². The summed E-state index contributed by atoms with van der Waals surface area (Å²) in [5.41, 5.74) is 11.8. The van der Waals surface area contributed by atoms with Gasteiger partial charge in [-0.25, -0.2) is 0 Å². The van der Waals surface area contributed by atoms with Gasteiger partial charge in [0, 0.05) is 43.3 Å². The van der Waals surface area contributed by atoms with E-state index in [-0.39, 0.29) is 0 Å². The Labute approximate surface area is 367 Å². The molecule has 0 radical (unpaired) electrons. The number of fused-ring (bicyclic) bond motifs is 8. The third-order valence-corrected chi connectivity index (χ3v) is 14.0. The van der Waals surface area contributed by atoms with Crippen molar-refractivity contribution in [1.29, 1.82) is 0 Å². The molecule has 0 aliphatic heterocycles. The molecule has 0 bridgehead atoms. The second-order valence-corrected chi connectivity index (χ2v) is 17.4. The van der Waals surface area contributed by atoms with E-state index in [1.54, 1.807) is 0 Å². The van der Waals surface area contributed by atoms with Gasteiger partial charge in [0.05, 0.1) is 22.1 Å². The molecular formula is C60H35ClN2. The number of benzene rings is 12. The molecule has 63 heavy (non-hydrogen) atoms. The Hall–Kier alpha value is -7.91. The van der Waals surface area contributed by atoms with Crippen LogP contribution < -0.4 is 0 Å². The Bertz CT molecular complexity index is 4200. The van der Waals surface area contributed by atoms with E-state index in [4.69, 9.17) is 11.6 Å². The number of rotatable bonds is 4. The molecule has 0 aliphatic carbocycles. The number of hydrogen-bond acceptors (Lipinski definition) is 0. The van der Waals surface area contributed by atoms with E-state index < -0.39 is 0 Å². The van der Waals surface area contributed by atoms with Crippen LogP contribution >= 0.6 is 11.6 Å². The molecule has 0 saturated carbocycles. The van der Waals surface area contributed by atoms with Crippen molar-refractivity contribution >= 4 is 109 Å². The van der Waals surface area contributed by atoms with Crippen LogP contribution in [0.3, 0.4) is 0 Å². The molecule has 3 heteroatoms. The van der Waals surface area contributed by atoms with E-state index >= 15 is 0 Å². The van der Waals surface area contributed by atoms with Crippen LogP contribution in [0, 0.1) is 0 Å². The molecule has 0 unspecified atom stereocenters. The van der Waals surface area contributed by atoms with Gasteiger partial charge in [-0.15, -0.1) is 0 Å².